The molecule has 9 rings (SSSR count). The van der Waals surface area contributed by atoms with Gasteiger partial charge in [-0.1, -0.05) is 41.5 Å². The Morgan fingerprint density at radius 1 is 0.717 bits per heavy atom. The zero-order valence-corrected chi connectivity index (χ0v) is 34.3. The number of rotatable bonds is 12. The summed E-state index contributed by atoms with van der Waals surface area (Å²) in [7, 11) is 0. The monoisotopic (exact) mass is 802 g/mol. The average Bonchev–Trinajstić information content (AvgIpc) is 3.52. The molecule has 0 bridgehead atoms. The molecular weight excluding hydrogens is 757 g/mol. The van der Waals surface area contributed by atoms with E-state index in [0.29, 0.717) is 77.5 Å². The molecule has 2 heterocycles. The van der Waals surface area contributed by atoms with Crippen molar-refractivity contribution in [3.8, 4) is 69.3 Å². The van der Waals surface area contributed by atoms with E-state index in [2.05, 4.69) is 41.5 Å². The van der Waals surface area contributed by atoms with E-state index in [1.807, 2.05) is 45.9 Å². The summed E-state index contributed by atoms with van der Waals surface area (Å²) in [6.07, 6.45) is 4.78. The number of nitrogens with zero attached hydrogens (tertiary/aromatic N) is 6. The van der Waals surface area contributed by atoms with Gasteiger partial charge in [-0.3, -0.25) is 0 Å². The minimum Gasteiger partial charge on any atom is -0.490 e. The Labute approximate surface area is 348 Å². The lowest BCUT2D eigenvalue weighted by molar-refractivity contribution is -0.0153. The number of aromatic nitrogens is 4. The van der Waals surface area contributed by atoms with Crippen LogP contribution < -0.4 is 9.47 Å². The maximum atomic E-state index is 12.6. The van der Waals surface area contributed by atoms with Crippen LogP contribution in [0.2, 0.25) is 0 Å². The number of nitriles is 2. The zero-order valence-electron chi connectivity index (χ0n) is 34.3. The van der Waals surface area contributed by atoms with E-state index < -0.39 is 11.2 Å². The quantitative estimate of drug-likeness (QED) is 0.120. The zero-order chi connectivity index (χ0) is 41.9. The lowest BCUT2D eigenvalue weighted by Gasteiger charge is -2.32. The third-order valence-corrected chi connectivity index (χ3v) is 12.3. The van der Waals surface area contributed by atoms with Gasteiger partial charge < -0.3 is 28.7 Å². The fourth-order valence-corrected chi connectivity index (χ4v) is 9.21. The predicted molar refractivity (Wildman–Crippen MR) is 221 cm³/mol. The van der Waals surface area contributed by atoms with Crippen LogP contribution in [0.4, 0.5) is 0 Å². The molecule has 3 unspecified atom stereocenters. The largest absolute Gasteiger partial charge is 0.490 e. The lowest BCUT2D eigenvalue weighted by atomic mass is 9.78. The Hall–Kier alpha value is -6.34. The molecule has 3 aliphatic rings. The Kier molecular flexibility index (Phi) is 9.81. The number of hydrogen-bond donors (Lipinski definition) is 2. The first kappa shape index (κ1) is 39.1. The van der Waals surface area contributed by atoms with Gasteiger partial charge >= 0.3 is 0 Å². The summed E-state index contributed by atoms with van der Waals surface area (Å²) in [5.74, 6) is 2.36. The topological polar surface area (TPSA) is 184 Å². The number of hydrogen-bond acceptors (Lipinski definition) is 12. The van der Waals surface area contributed by atoms with Crippen LogP contribution in [-0.4, -0.2) is 42.7 Å². The van der Waals surface area contributed by atoms with Crippen LogP contribution in [0.1, 0.15) is 99.2 Å². The van der Waals surface area contributed by atoms with Crippen LogP contribution in [0.3, 0.4) is 0 Å². The average molecular weight is 803 g/mol. The predicted octanol–water partition coefficient (Wildman–Crippen LogP) is 8.99. The van der Waals surface area contributed by atoms with Gasteiger partial charge in [0, 0.05) is 22.3 Å². The highest BCUT2D eigenvalue weighted by atomic mass is 16.5. The van der Waals surface area contributed by atoms with Gasteiger partial charge in [0.25, 0.3) is 11.8 Å². The lowest BCUT2D eigenvalue weighted by Crippen LogP contribution is -2.32. The second-order valence-electron chi connectivity index (χ2n) is 17.1. The highest BCUT2D eigenvalue weighted by Crippen LogP contribution is 2.55. The van der Waals surface area contributed by atoms with E-state index in [1.165, 1.54) is 0 Å². The minimum absolute atomic E-state index is 0.0791. The first-order chi connectivity index (χ1) is 28.9. The van der Waals surface area contributed by atoms with Crippen LogP contribution in [0, 0.1) is 34.5 Å². The minimum atomic E-state index is -1.15. The molecule has 2 N–H and O–H groups in total. The first-order valence-corrected chi connectivity index (χ1v) is 20.7. The van der Waals surface area contributed by atoms with E-state index in [0.717, 1.165) is 51.8 Å². The van der Waals surface area contributed by atoms with Gasteiger partial charge in [-0.05, 0) is 155 Å². The van der Waals surface area contributed by atoms with Crippen LogP contribution in [0.15, 0.2) is 75.8 Å². The van der Waals surface area contributed by atoms with Gasteiger partial charge in [0.1, 0.15) is 23.6 Å². The van der Waals surface area contributed by atoms with Crippen molar-refractivity contribution in [3.63, 3.8) is 0 Å². The van der Waals surface area contributed by atoms with Crippen molar-refractivity contribution in [1.29, 1.82) is 10.5 Å². The van der Waals surface area contributed by atoms with Crippen LogP contribution >= 0.6 is 0 Å². The van der Waals surface area contributed by atoms with Crippen molar-refractivity contribution in [2.45, 2.75) is 103 Å². The van der Waals surface area contributed by atoms with Crippen molar-refractivity contribution >= 4 is 0 Å². The number of benzene rings is 4. The van der Waals surface area contributed by atoms with Crippen molar-refractivity contribution in [1.82, 2.24) is 20.3 Å². The molecule has 12 heteroatoms. The molecule has 6 aromatic rings. The molecule has 304 valence electrons. The second kappa shape index (κ2) is 15.0. The summed E-state index contributed by atoms with van der Waals surface area (Å²) >= 11 is 0. The molecule has 1 saturated carbocycles. The number of aliphatic hydroxyl groups is 2. The van der Waals surface area contributed by atoms with Crippen molar-refractivity contribution in [3.05, 3.63) is 106 Å². The first-order valence-electron chi connectivity index (χ1n) is 20.7. The second-order valence-corrected chi connectivity index (χ2v) is 17.1. The van der Waals surface area contributed by atoms with E-state index in [9.17, 15) is 20.7 Å². The molecule has 4 aromatic carbocycles. The molecule has 3 atom stereocenters. The van der Waals surface area contributed by atoms with Gasteiger partial charge in [0.15, 0.2) is 0 Å². The third kappa shape index (κ3) is 6.90. The maximum absolute atomic E-state index is 12.6. The molecule has 0 saturated heterocycles. The van der Waals surface area contributed by atoms with Crippen LogP contribution in [-0.2, 0) is 30.5 Å². The number of ether oxygens (including phenoxy) is 2. The molecule has 0 aliphatic heterocycles. The Morgan fingerprint density at radius 3 is 1.85 bits per heavy atom. The Morgan fingerprint density at radius 2 is 1.28 bits per heavy atom. The van der Waals surface area contributed by atoms with Crippen molar-refractivity contribution in [2.24, 2.45) is 11.8 Å². The summed E-state index contributed by atoms with van der Waals surface area (Å²) in [4.78, 5) is 9.56. The summed E-state index contributed by atoms with van der Waals surface area (Å²) in [6, 6.07) is 24.9. The van der Waals surface area contributed by atoms with E-state index >= 15 is 0 Å². The summed E-state index contributed by atoms with van der Waals surface area (Å²) in [5, 5.41) is 53.0. The van der Waals surface area contributed by atoms with E-state index in [-0.39, 0.29) is 35.8 Å². The summed E-state index contributed by atoms with van der Waals surface area (Å²) in [6.45, 7) is 9.70. The fraction of sp³-hybridized carbons (Fsp3) is 0.375. The number of fused-ring (bicyclic) bond motifs is 2. The standard InChI is InChI=1S/C48H46N6O6/c1-26(2)57-41-13-9-30(22-32(41)24-49)45-51-43(53-59-45)37-7-6-8-39-35(37)15-17-47(39,55)28(5)19-29-20-38(36-16-18-48(56,34-11-12-34)40(36)21-29)44-52-46(60-54-44)31-10-14-42(58-27(3)4)33(23-31)25-50/h6-10,13-14,20-23,26-28,34,55-56H,11-12,15-19H2,1-5H3. The fourth-order valence-electron chi connectivity index (χ4n) is 9.21. The summed E-state index contributed by atoms with van der Waals surface area (Å²) < 4.78 is 23.1. The molecule has 0 amide bonds. The summed E-state index contributed by atoms with van der Waals surface area (Å²) in [5.41, 5.74) is 6.18. The molecular formula is C48H46N6O6. The van der Waals surface area contributed by atoms with Gasteiger partial charge in [-0.15, -0.1) is 0 Å². The van der Waals surface area contributed by atoms with Gasteiger partial charge in [-0.2, -0.15) is 20.5 Å². The molecule has 12 nitrogen and oxygen atoms in total. The molecule has 3 aliphatic carbocycles. The van der Waals surface area contributed by atoms with Crippen molar-refractivity contribution < 1.29 is 28.7 Å². The van der Waals surface area contributed by atoms with E-state index in [1.54, 1.807) is 36.4 Å². The third-order valence-electron chi connectivity index (χ3n) is 12.3. The molecule has 2 aromatic heterocycles. The Balaban J connectivity index is 1.01. The molecule has 60 heavy (non-hydrogen) atoms. The van der Waals surface area contributed by atoms with Crippen LogP contribution in [0.5, 0.6) is 11.5 Å². The van der Waals surface area contributed by atoms with E-state index in [4.69, 9.17) is 28.5 Å². The molecule has 0 spiro atoms. The maximum Gasteiger partial charge on any atom is 0.258 e. The van der Waals surface area contributed by atoms with Gasteiger partial charge in [0.05, 0.1) is 34.5 Å². The molecule has 1 fully saturated rings. The van der Waals surface area contributed by atoms with Crippen LogP contribution in [0.25, 0.3) is 45.7 Å². The van der Waals surface area contributed by atoms with Crippen molar-refractivity contribution in [2.75, 3.05) is 0 Å². The Bertz CT molecular complexity index is 2720. The normalized spacial score (nSPS) is 19.9. The highest BCUT2D eigenvalue weighted by Gasteiger charge is 2.50. The van der Waals surface area contributed by atoms with Gasteiger partial charge in [0.2, 0.25) is 11.6 Å². The smallest absolute Gasteiger partial charge is 0.258 e. The van der Waals surface area contributed by atoms with Gasteiger partial charge in [-0.25, -0.2) is 0 Å². The molecule has 0 radical (unpaired) electrons. The highest BCUT2D eigenvalue weighted by molar-refractivity contribution is 5.70. The SMILES string of the molecule is CC(C)Oc1ccc(-c2nc(-c3cccc4c3CCC4(O)C(C)Cc3cc(-c4noc(-c5ccc(OC(C)C)c(C#N)c5)n4)c4c(c3)C(O)(C3CC3)CC4)no2)cc1C#N.